The Labute approximate surface area is 174 Å². The summed E-state index contributed by atoms with van der Waals surface area (Å²) in [7, 11) is 0. The molecule has 0 fully saturated rings. The lowest BCUT2D eigenvalue weighted by atomic mass is 10.1. The van der Waals surface area contributed by atoms with E-state index in [9.17, 15) is 4.79 Å². The van der Waals surface area contributed by atoms with Crippen molar-refractivity contribution in [1.29, 1.82) is 0 Å². The SMILES string of the molecule is CCN=c1cc2oc3cc([NH2+]CCC(=O)OCC)c4ccccc4c3nc-2cc1C. The number of quaternary nitrogens is 1. The van der Waals surface area contributed by atoms with E-state index in [2.05, 4.69) is 22.4 Å². The maximum Gasteiger partial charge on any atom is 0.311 e. The standard InChI is InChI=1S/C24H25N3O3/c1-4-25-18-13-21-20(12-15(18)3)27-24-17-9-7-6-8-16(17)19(14-22(24)30-21)26-11-10-23(28)29-5-2/h6-9,12-14,26H,4-5,10-11H2,1-3H3/p+1. The Bertz CT molecular complexity index is 1260. The lowest BCUT2D eigenvalue weighted by Gasteiger charge is -2.11. The predicted octanol–water partition coefficient (Wildman–Crippen LogP) is 3.46. The molecule has 2 aliphatic rings. The van der Waals surface area contributed by atoms with E-state index in [1.54, 1.807) is 0 Å². The molecule has 6 heteroatoms. The second-order valence-electron chi connectivity index (χ2n) is 7.20. The molecule has 1 aliphatic heterocycles. The van der Waals surface area contributed by atoms with Gasteiger partial charge in [0.25, 0.3) is 0 Å². The fourth-order valence-corrected chi connectivity index (χ4v) is 3.71. The Morgan fingerprint density at radius 2 is 1.97 bits per heavy atom. The van der Waals surface area contributed by atoms with Gasteiger partial charge in [0.1, 0.15) is 16.9 Å². The van der Waals surface area contributed by atoms with E-state index in [1.165, 1.54) is 0 Å². The maximum atomic E-state index is 11.7. The molecule has 6 nitrogen and oxygen atoms in total. The quantitative estimate of drug-likeness (QED) is 0.231. The summed E-state index contributed by atoms with van der Waals surface area (Å²) in [6, 6.07) is 14.1. The minimum absolute atomic E-state index is 0.182. The average Bonchev–Trinajstić information content (AvgIpc) is 2.74. The van der Waals surface area contributed by atoms with Gasteiger partial charge < -0.3 is 14.5 Å². The van der Waals surface area contributed by atoms with Crippen LogP contribution in [-0.4, -0.2) is 30.6 Å². The lowest BCUT2D eigenvalue weighted by Crippen LogP contribution is -2.78. The second kappa shape index (κ2) is 8.63. The fourth-order valence-electron chi connectivity index (χ4n) is 3.71. The summed E-state index contributed by atoms with van der Waals surface area (Å²) in [5.74, 6) is 0.534. The number of nitrogens with zero attached hydrogens (tertiary/aromatic N) is 2. The Morgan fingerprint density at radius 3 is 2.73 bits per heavy atom. The lowest BCUT2D eigenvalue weighted by molar-refractivity contribution is -0.568. The van der Waals surface area contributed by atoms with Gasteiger partial charge >= 0.3 is 5.97 Å². The topological polar surface area (TPSA) is 81.3 Å². The Kier molecular flexibility index (Phi) is 5.77. The van der Waals surface area contributed by atoms with Crippen LogP contribution < -0.4 is 10.7 Å². The summed E-state index contributed by atoms with van der Waals surface area (Å²) < 4.78 is 11.3. The number of hydrogen-bond acceptors (Lipinski definition) is 5. The fraction of sp³-hybridized carbons (Fsp3) is 0.292. The summed E-state index contributed by atoms with van der Waals surface area (Å²) in [5.41, 5.74) is 4.48. The third-order valence-corrected chi connectivity index (χ3v) is 5.09. The van der Waals surface area contributed by atoms with Gasteiger partial charge in [-0.1, -0.05) is 18.2 Å². The largest absolute Gasteiger partial charge is 0.466 e. The van der Waals surface area contributed by atoms with Crippen LogP contribution in [0, 0.1) is 6.92 Å². The number of aryl methyl sites for hydroxylation is 1. The molecule has 0 amide bonds. The van der Waals surface area contributed by atoms with Gasteiger partial charge in [-0.15, -0.1) is 0 Å². The van der Waals surface area contributed by atoms with Crippen LogP contribution in [-0.2, 0) is 9.53 Å². The van der Waals surface area contributed by atoms with Gasteiger partial charge in [-0.3, -0.25) is 9.79 Å². The molecule has 0 unspecified atom stereocenters. The molecule has 0 radical (unpaired) electrons. The first-order valence-electron chi connectivity index (χ1n) is 10.4. The minimum Gasteiger partial charge on any atom is -0.466 e. The number of benzene rings is 3. The van der Waals surface area contributed by atoms with Crippen LogP contribution in [0.4, 0.5) is 5.69 Å². The number of aromatic nitrogens is 1. The Morgan fingerprint density at radius 1 is 1.17 bits per heavy atom. The van der Waals surface area contributed by atoms with E-state index >= 15 is 0 Å². The molecule has 0 aromatic heterocycles. The molecule has 154 valence electrons. The highest BCUT2D eigenvalue weighted by Gasteiger charge is 2.16. The number of esters is 1. The van der Waals surface area contributed by atoms with Crippen LogP contribution in [0.2, 0.25) is 0 Å². The molecule has 0 atom stereocenters. The number of carbonyl (C=O) groups is 1. The molecule has 0 spiro atoms. The highest BCUT2D eigenvalue weighted by molar-refractivity contribution is 6.08. The summed E-state index contributed by atoms with van der Waals surface area (Å²) in [6.07, 6.45) is 0.356. The van der Waals surface area contributed by atoms with Gasteiger partial charge in [-0.25, -0.2) is 4.98 Å². The summed E-state index contributed by atoms with van der Waals surface area (Å²) in [5, 5.41) is 5.11. The molecule has 30 heavy (non-hydrogen) atoms. The van der Waals surface area contributed by atoms with E-state index in [1.807, 2.05) is 51.1 Å². The van der Waals surface area contributed by atoms with Crippen LogP contribution in [0.5, 0.6) is 0 Å². The first-order chi connectivity index (χ1) is 14.6. The van der Waals surface area contributed by atoms with E-state index in [-0.39, 0.29) is 5.97 Å². The van der Waals surface area contributed by atoms with E-state index in [0.717, 1.165) is 50.7 Å². The van der Waals surface area contributed by atoms with Gasteiger partial charge in [0.05, 0.1) is 24.9 Å². The van der Waals surface area contributed by atoms with Crippen LogP contribution >= 0.6 is 0 Å². The predicted molar refractivity (Wildman–Crippen MR) is 117 cm³/mol. The van der Waals surface area contributed by atoms with Crippen LogP contribution in [0.15, 0.2) is 51.9 Å². The molecular formula is C24H26N3O3+. The Balaban J connectivity index is 1.83. The van der Waals surface area contributed by atoms with Crippen molar-refractivity contribution < 1.29 is 19.3 Å². The third kappa shape index (κ3) is 3.91. The van der Waals surface area contributed by atoms with Crippen molar-refractivity contribution in [1.82, 2.24) is 4.98 Å². The molecule has 1 aliphatic carbocycles. The molecule has 0 saturated heterocycles. The number of hydrogen-bond donors (Lipinski definition) is 1. The highest BCUT2D eigenvalue weighted by Crippen LogP contribution is 2.32. The van der Waals surface area contributed by atoms with Gasteiger partial charge in [0.15, 0.2) is 11.3 Å². The van der Waals surface area contributed by atoms with E-state index in [4.69, 9.17) is 14.1 Å². The van der Waals surface area contributed by atoms with Crippen LogP contribution in [0.3, 0.4) is 0 Å². The van der Waals surface area contributed by atoms with Crippen molar-refractivity contribution in [3.63, 3.8) is 0 Å². The molecule has 1 heterocycles. The molecule has 4 rings (SSSR count). The van der Waals surface area contributed by atoms with E-state index in [0.29, 0.717) is 25.3 Å². The smallest absolute Gasteiger partial charge is 0.311 e. The normalized spacial score (nSPS) is 12.2. The van der Waals surface area contributed by atoms with Crippen molar-refractivity contribution in [2.75, 3.05) is 19.7 Å². The number of nitrogens with two attached hydrogens (primary N) is 1. The molecule has 0 saturated carbocycles. The number of carbonyl (C=O) groups excluding carboxylic acids is 1. The highest BCUT2D eigenvalue weighted by atomic mass is 16.5. The molecule has 2 aromatic carbocycles. The maximum absolute atomic E-state index is 11.7. The van der Waals surface area contributed by atoms with Crippen LogP contribution in [0.1, 0.15) is 25.8 Å². The van der Waals surface area contributed by atoms with Crippen molar-refractivity contribution >= 4 is 33.5 Å². The van der Waals surface area contributed by atoms with Crippen molar-refractivity contribution in [3.8, 4) is 11.5 Å². The Hall–Kier alpha value is -3.25. The van der Waals surface area contributed by atoms with Crippen molar-refractivity contribution in [2.45, 2.75) is 27.2 Å². The van der Waals surface area contributed by atoms with E-state index < -0.39 is 0 Å². The molecule has 0 bridgehead atoms. The first kappa shape index (κ1) is 20.0. The van der Waals surface area contributed by atoms with Crippen LogP contribution in [0.25, 0.3) is 33.3 Å². The third-order valence-electron chi connectivity index (χ3n) is 5.09. The average molecular weight is 404 g/mol. The summed E-state index contributed by atoms with van der Waals surface area (Å²) in [4.78, 5) is 21.1. The number of fused-ring (bicyclic) bond motifs is 4. The van der Waals surface area contributed by atoms with Crippen molar-refractivity contribution in [2.24, 2.45) is 4.99 Å². The molecule has 2 aromatic rings. The zero-order valence-corrected chi connectivity index (χ0v) is 17.6. The van der Waals surface area contributed by atoms with Crippen molar-refractivity contribution in [3.05, 3.63) is 53.4 Å². The van der Waals surface area contributed by atoms with Gasteiger partial charge in [-0.2, -0.15) is 0 Å². The number of ether oxygens (including phenoxy) is 1. The van der Waals surface area contributed by atoms with Gasteiger partial charge in [0, 0.05) is 29.4 Å². The molecular weight excluding hydrogens is 378 g/mol. The van der Waals surface area contributed by atoms with Gasteiger partial charge in [-0.05, 0) is 38.5 Å². The minimum atomic E-state index is -0.182. The van der Waals surface area contributed by atoms with Gasteiger partial charge in [0.2, 0.25) is 0 Å². The zero-order chi connectivity index (χ0) is 21.1. The summed E-state index contributed by atoms with van der Waals surface area (Å²) >= 11 is 0. The zero-order valence-electron chi connectivity index (χ0n) is 17.6. The molecule has 2 N–H and O–H groups in total. The summed E-state index contributed by atoms with van der Waals surface area (Å²) in [6.45, 7) is 7.61. The first-order valence-corrected chi connectivity index (χ1v) is 10.4. The monoisotopic (exact) mass is 404 g/mol. The number of rotatable bonds is 6. The second-order valence-corrected chi connectivity index (χ2v) is 7.20.